The van der Waals surface area contributed by atoms with E-state index in [-0.39, 0.29) is 12.1 Å². The highest BCUT2D eigenvalue weighted by atomic mass is 16.5. The highest BCUT2D eigenvalue weighted by Gasteiger charge is 2.44. The Kier molecular flexibility index (Phi) is 7.25. The highest BCUT2D eigenvalue weighted by molar-refractivity contribution is 5.69. The fourth-order valence-corrected chi connectivity index (χ4v) is 6.35. The minimum Gasteiger partial charge on any atom is -0.462 e. The van der Waals surface area contributed by atoms with Gasteiger partial charge in [0, 0.05) is 6.42 Å². The van der Waals surface area contributed by atoms with Crippen LogP contribution in [0.4, 0.5) is 0 Å². The molecule has 25 heavy (non-hydrogen) atoms. The van der Waals surface area contributed by atoms with E-state index in [4.69, 9.17) is 4.74 Å². The summed E-state index contributed by atoms with van der Waals surface area (Å²) in [7, 11) is 0. The van der Waals surface area contributed by atoms with Crippen molar-refractivity contribution in [3.05, 3.63) is 0 Å². The van der Waals surface area contributed by atoms with Gasteiger partial charge in [-0.2, -0.15) is 0 Å². The number of hydrogen-bond donors (Lipinski definition) is 0. The van der Waals surface area contributed by atoms with Crippen LogP contribution in [0.5, 0.6) is 0 Å². The molecule has 6 atom stereocenters. The Morgan fingerprint density at radius 1 is 0.840 bits per heavy atom. The summed E-state index contributed by atoms with van der Waals surface area (Å²) in [5.74, 6) is 4.85. The smallest absolute Gasteiger partial charge is 0.306 e. The van der Waals surface area contributed by atoms with Crippen LogP contribution in [0.3, 0.4) is 0 Å². The summed E-state index contributed by atoms with van der Waals surface area (Å²) in [5, 5.41) is 0. The topological polar surface area (TPSA) is 26.3 Å². The molecule has 0 radical (unpaired) electrons. The van der Waals surface area contributed by atoms with Crippen LogP contribution in [0.15, 0.2) is 0 Å². The summed E-state index contributed by atoms with van der Waals surface area (Å²) < 4.78 is 5.75. The van der Waals surface area contributed by atoms with Crippen molar-refractivity contribution in [3.8, 4) is 0 Å². The molecule has 4 unspecified atom stereocenters. The van der Waals surface area contributed by atoms with E-state index in [0.717, 1.165) is 48.9 Å². The molecule has 0 heterocycles. The van der Waals surface area contributed by atoms with Gasteiger partial charge in [-0.25, -0.2) is 0 Å². The maximum Gasteiger partial charge on any atom is 0.306 e. The van der Waals surface area contributed by atoms with E-state index in [1.807, 2.05) is 0 Å². The van der Waals surface area contributed by atoms with Crippen molar-refractivity contribution in [2.45, 2.75) is 110 Å². The predicted molar refractivity (Wildman–Crippen MR) is 103 cm³/mol. The lowest BCUT2D eigenvalue weighted by Gasteiger charge is -2.50. The van der Waals surface area contributed by atoms with Crippen LogP contribution in [0.1, 0.15) is 104 Å². The standard InChI is InChI=1S/C23H40O2/c1-3-5-6-8-17-9-13-21-18(15-17)10-11-19-16-20(12-14-22(19)21)25-23(24)7-4-2/h17-22H,3-16H2,1-2H3/t17-,18?,19?,20-,21?,22?/m0/s1. The molecule has 3 aliphatic carbocycles. The lowest BCUT2D eigenvalue weighted by Crippen LogP contribution is -2.43. The van der Waals surface area contributed by atoms with E-state index in [1.54, 1.807) is 0 Å². The number of fused-ring (bicyclic) bond motifs is 3. The van der Waals surface area contributed by atoms with Gasteiger partial charge in [0.2, 0.25) is 0 Å². The Balaban J connectivity index is 1.47. The van der Waals surface area contributed by atoms with Crippen molar-refractivity contribution >= 4 is 5.97 Å². The first kappa shape index (κ1) is 19.2. The average molecular weight is 349 g/mol. The van der Waals surface area contributed by atoms with Crippen molar-refractivity contribution in [3.63, 3.8) is 0 Å². The Bertz CT molecular complexity index is 418. The zero-order valence-corrected chi connectivity index (χ0v) is 16.7. The molecule has 2 nitrogen and oxygen atoms in total. The van der Waals surface area contributed by atoms with Crippen molar-refractivity contribution in [2.24, 2.45) is 29.6 Å². The first-order valence-electron chi connectivity index (χ1n) is 11.4. The molecule has 3 aliphatic rings. The summed E-state index contributed by atoms with van der Waals surface area (Å²) in [5.41, 5.74) is 0. The van der Waals surface area contributed by atoms with Gasteiger partial charge in [-0.15, -0.1) is 0 Å². The van der Waals surface area contributed by atoms with Gasteiger partial charge in [-0.05, 0) is 81.0 Å². The molecule has 0 aromatic heterocycles. The second kappa shape index (κ2) is 9.42. The van der Waals surface area contributed by atoms with Crippen molar-refractivity contribution in [2.75, 3.05) is 0 Å². The van der Waals surface area contributed by atoms with Crippen molar-refractivity contribution in [1.82, 2.24) is 0 Å². The number of carbonyl (C=O) groups excluding carboxylic acids is 1. The fourth-order valence-electron chi connectivity index (χ4n) is 6.35. The molecule has 3 fully saturated rings. The van der Waals surface area contributed by atoms with E-state index in [1.165, 1.54) is 64.2 Å². The second-order valence-corrected chi connectivity index (χ2v) is 9.27. The van der Waals surface area contributed by atoms with Gasteiger partial charge in [-0.3, -0.25) is 4.79 Å². The summed E-state index contributed by atoms with van der Waals surface area (Å²) in [6.45, 7) is 4.37. The monoisotopic (exact) mass is 348 g/mol. The molecule has 2 heteroatoms. The summed E-state index contributed by atoms with van der Waals surface area (Å²) >= 11 is 0. The average Bonchev–Trinajstić information content (AvgIpc) is 2.61. The Hall–Kier alpha value is -0.530. The molecule has 0 saturated heterocycles. The zero-order chi connectivity index (χ0) is 17.6. The molecule has 0 aliphatic heterocycles. The van der Waals surface area contributed by atoms with Gasteiger partial charge < -0.3 is 4.74 Å². The Morgan fingerprint density at radius 3 is 2.28 bits per heavy atom. The molecular formula is C23H40O2. The lowest BCUT2D eigenvalue weighted by molar-refractivity contribution is -0.153. The molecule has 0 aromatic carbocycles. The normalized spacial score (nSPS) is 37.8. The number of carbonyl (C=O) groups is 1. The summed E-state index contributed by atoms with van der Waals surface area (Å²) in [6.07, 6.45) is 18.4. The molecule has 3 saturated carbocycles. The van der Waals surface area contributed by atoms with Gasteiger partial charge in [0.05, 0.1) is 0 Å². The third kappa shape index (κ3) is 5.01. The molecule has 3 rings (SSSR count). The fraction of sp³-hybridized carbons (Fsp3) is 0.957. The third-order valence-corrected chi connectivity index (χ3v) is 7.57. The van der Waals surface area contributed by atoms with E-state index >= 15 is 0 Å². The van der Waals surface area contributed by atoms with E-state index in [2.05, 4.69) is 13.8 Å². The SMILES string of the molecule is CCCCC[C@H]1CCC2C(CCC3C[C@@H](OC(=O)CCC)CCC32)C1. The van der Waals surface area contributed by atoms with Gasteiger partial charge in [0.1, 0.15) is 6.10 Å². The number of hydrogen-bond acceptors (Lipinski definition) is 2. The number of unbranched alkanes of at least 4 members (excludes halogenated alkanes) is 2. The first-order valence-corrected chi connectivity index (χ1v) is 11.4. The molecule has 0 amide bonds. The van der Waals surface area contributed by atoms with Crippen LogP contribution >= 0.6 is 0 Å². The Labute approximate surface area is 155 Å². The van der Waals surface area contributed by atoms with Crippen molar-refractivity contribution in [1.29, 1.82) is 0 Å². The van der Waals surface area contributed by atoms with E-state index in [9.17, 15) is 4.79 Å². The predicted octanol–water partition coefficient (Wildman–Crippen LogP) is 6.52. The highest BCUT2D eigenvalue weighted by Crippen LogP contribution is 2.53. The minimum atomic E-state index is 0.0345. The largest absolute Gasteiger partial charge is 0.462 e. The van der Waals surface area contributed by atoms with Crippen LogP contribution in [-0.2, 0) is 9.53 Å². The lowest BCUT2D eigenvalue weighted by atomic mass is 9.56. The maximum atomic E-state index is 11.8. The van der Waals surface area contributed by atoms with Gasteiger partial charge in [0.25, 0.3) is 0 Å². The zero-order valence-electron chi connectivity index (χ0n) is 16.7. The van der Waals surface area contributed by atoms with Gasteiger partial charge in [-0.1, -0.05) is 46.0 Å². The van der Waals surface area contributed by atoms with Crippen LogP contribution in [0.2, 0.25) is 0 Å². The van der Waals surface area contributed by atoms with E-state index < -0.39 is 0 Å². The summed E-state index contributed by atoms with van der Waals surface area (Å²) in [6, 6.07) is 0. The van der Waals surface area contributed by atoms with Crippen LogP contribution in [0, 0.1) is 29.6 Å². The quantitative estimate of drug-likeness (QED) is 0.386. The van der Waals surface area contributed by atoms with Crippen molar-refractivity contribution < 1.29 is 9.53 Å². The van der Waals surface area contributed by atoms with Crippen LogP contribution in [-0.4, -0.2) is 12.1 Å². The van der Waals surface area contributed by atoms with Gasteiger partial charge >= 0.3 is 5.97 Å². The second-order valence-electron chi connectivity index (χ2n) is 9.27. The molecule has 0 N–H and O–H groups in total. The number of ether oxygens (including phenoxy) is 1. The van der Waals surface area contributed by atoms with Crippen LogP contribution < -0.4 is 0 Å². The molecule has 0 spiro atoms. The molecule has 0 bridgehead atoms. The maximum absolute atomic E-state index is 11.8. The minimum absolute atomic E-state index is 0.0345. The molecule has 144 valence electrons. The summed E-state index contributed by atoms with van der Waals surface area (Å²) in [4.78, 5) is 11.8. The first-order chi connectivity index (χ1) is 12.2. The Morgan fingerprint density at radius 2 is 1.56 bits per heavy atom. The number of rotatable bonds is 7. The van der Waals surface area contributed by atoms with Gasteiger partial charge in [0.15, 0.2) is 0 Å². The van der Waals surface area contributed by atoms with Crippen LogP contribution in [0.25, 0.3) is 0 Å². The number of esters is 1. The van der Waals surface area contributed by atoms with E-state index in [0.29, 0.717) is 6.42 Å². The molecule has 0 aromatic rings. The molecular weight excluding hydrogens is 308 g/mol. The third-order valence-electron chi connectivity index (χ3n) is 7.57.